The molecule has 3 heteroatoms. The van der Waals surface area contributed by atoms with Crippen LogP contribution in [0.1, 0.15) is 42.3 Å². The Labute approximate surface area is 139 Å². The molecule has 1 aliphatic rings. The minimum Gasteiger partial charge on any atom is -0.323 e. The summed E-state index contributed by atoms with van der Waals surface area (Å²) in [5.41, 5.74) is 9.04. The van der Waals surface area contributed by atoms with Gasteiger partial charge in [-0.15, -0.1) is 11.8 Å². The third kappa shape index (κ3) is 3.91. The van der Waals surface area contributed by atoms with Gasteiger partial charge in [-0.05, 0) is 48.1 Å². The van der Waals surface area contributed by atoms with Crippen LogP contribution in [0.5, 0.6) is 0 Å². The fraction of sp³-hybridized carbons (Fsp3) is 0.333. The van der Waals surface area contributed by atoms with Crippen molar-refractivity contribution >= 4 is 27.7 Å². The maximum Gasteiger partial charge on any atom is 0.0390 e. The quantitative estimate of drug-likeness (QED) is 0.710. The fourth-order valence-electron chi connectivity index (χ4n) is 2.60. The number of thioether (sulfide) groups is 1. The average Bonchev–Trinajstić information content (AvgIpc) is 2.44. The van der Waals surface area contributed by atoms with Crippen molar-refractivity contribution in [1.82, 2.24) is 0 Å². The molecule has 0 spiro atoms. The Morgan fingerprint density at radius 3 is 2.52 bits per heavy atom. The predicted octanol–water partition coefficient (Wildman–Crippen LogP) is 5.51. The van der Waals surface area contributed by atoms with E-state index in [1.54, 1.807) is 0 Å². The zero-order valence-electron chi connectivity index (χ0n) is 12.0. The van der Waals surface area contributed by atoms with Crippen LogP contribution in [0, 0.1) is 0 Å². The van der Waals surface area contributed by atoms with Gasteiger partial charge in [0, 0.05) is 21.2 Å². The van der Waals surface area contributed by atoms with Crippen molar-refractivity contribution in [1.29, 1.82) is 0 Å². The van der Waals surface area contributed by atoms with Crippen LogP contribution in [0.4, 0.5) is 0 Å². The van der Waals surface area contributed by atoms with Gasteiger partial charge in [-0.25, -0.2) is 0 Å². The third-order valence-corrected chi connectivity index (χ3v) is 5.77. The van der Waals surface area contributed by atoms with Crippen molar-refractivity contribution < 1.29 is 0 Å². The summed E-state index contributed by atoms with van der Waals surface area (Å²) in [4.78, 5) is 1.26. The van der Waals surface area contributed by atoms with E-state index in [1.807, 2.05) is 17.8 Å². The highest BCUT2D eigenvalue weighted by molar-refractivity contribution is 9.10. The molecule has 2 aromatic carbocycles. The molecule has 0 aromatic heterocycles. The summed E-state index contributed by atoms with van der Waals surface area (Å²) in [6, 6.07) is 17.4. The van der Waals surface area contributed by atoms with E-state index in [-0.39, 0.29) is 6.04 Å². The monoisotopic (exact) mass is 361 g/mol. The smallest absolute Gasteiger partial charge is 0.0390 e. The minimum atomic E-state index is 0.0874. The highest BCUT2D eigenvalue weighted by atomic mass is 79.9. The van der Waals surface area contributed by atoms with Gasteiger partial charge in [0.15, 0.2) is 0 Å². The molecule has 21 heavy (non-hydrogen) atoms. The van der Waals surface area contributed by atoms with Crippen molar-refractivity contribution in [3.8, 4) is 0 Å². The molecular formula is C18H20BrNS. The first-order valence-electron chi connectivity index (χ1n) is 7.46. The summed E-state index contributed by atoms with van der Waals surface area (Å²) < 4.78 is 1.12. The van der Waals surface area contributed by atoms with Crippen LogP contribution in [0.2, 0.25) is 0 Å². The number of benzene rings is 2. The van der Waals surface area contributed by atoms with Crippen molar-refractivity contribution in [2.45, 2.75) is 36.1 Å². The van der Waals surface area contributed by atoms with Crippen LogP contribution < -0.4 is 5.73 Å². The second-order valence-electron chi connectivity index (χ2n) is 5.67. The molecule has 0 bridgehead atoms. The summed E-state index contributed by atoms with van der Waals surface area (Å²) in [5, 5.41) is 0. The van der Waals surface area contributed by atoms with E-state index in [0.29, 0.717) is 0 Å². The summed E-state index contributed by atoms with van der Waals surface area (Å²) in [6.07, 6.45) is 4.09. The zero-order chi connectivity index (χ0) is 14.7. The molecule has 3 rings (SSSR count). The normalized spacial score (nSPS) is 16.5. The third-order valence-electron chi connectivity index (χ3n) is 4.17. The molecule has 110 valence electrons. The summed E-state index contributed by atoms with van der Waals surface area (Å²) >= 11 is 5.31. The first kappa shape index (κ1) is 15.1. The summed E-state index contributed by atoms with van der Waals surface area (Å²) in [6.45, 7) is 0. The Hall–Kier alpha value is -0.770. The zero-order valence-corrected chi connectivity index (χ0v) is 14.4. The molecule has 1 fully saturated rings. The number of halogens is 1. The molecule has 1 saturated carbocycles. The lowest BCUT2D eigenvalue weighted by Crippen LogP contribution is -2.14. The highest BCUT2D eigenvalue weighted by Gasteiger charge is 2.19. The van der Waals surface area contributed by atoms with Crippen molar-refractivity contribution in [3.63, 3.8) is 0 Å². The molecular weight excluding hydrogens is 342 g/mol. The Balaban J connectivity index is 1.58. The van der Waals surface area contributed by atoms with Crippen LogP contribution in [-0.4, -0.2) is 5.75 Å². The van der Waals surface area contributed by atoms with Gasteiger partial charge < -0.3 is 5.73 Å². The van der Waals surface area contributed by atoms with Crippen LogP contribution >= 0.6 is 27.7 Å². The summed E-state index contributed by atoms with van der Waals surface area (Å²) in [7, 11) is 0. The van der Waals surface area contributed by atoms with E-state index in [1.165, 1.54) is 35.3 Å². The van der Waals surface area contributed by atoms with E-state index in [9.17, 15) is 0 Å². The van der Waals surface area contributed by atoms with Crippen LogP contribution in [0.25, 0.3) is 0 Å². The lowest BCUT2D eigenvalue weighted by Gasteiger charge is -2.26. The van der Waals surface area contributed by atoms with Crippen LogP contribution in [0.15, 0.2) is 57.9 Å². The predicted molar refractivity (Wildman–Crippen MR) is 94.8 cm³/mol. The molecule has 2 N–H and O–H groups in total. The number of hydrogen-bond acceptors (Lipinski definition) is 2. The Morgan fingerprint density at radius 1 is 1.14 bits per heavy atom. The van der Waals surface area contributed by atoms with E-state index in [4.69, 9.17) is 5.73 Å². The molecule has 0 radical (unpaired) electrons. The van der Waals surface area contributed by atoms with Crippen molar-refractivity contribution in [2.24, 2.45) is 5.73 Å². The van der Waals surface area contributed by atoms with Gasteiger partial charge in [-0.1, -0.05) is 52.7 Å². The number of nitrogens with two attached hydrogens (primary N) is 1. The maximum absolute atomic E-state index is 6.32. The Morgan fingerprint density at radius 2 is 1.90 bits per heavy atom. The van der Waals surface area contributed by atoms with Crippen molar-refractivity contribution in [2.75, 3.05) is 5.75 Å². The molecule has 1 aliphatic carbocycles. The first-order chi connectivity index (χ1) is 10.2. The second kappa shape index (κ2) is 6.99. The van der Waals surface area contributed by atoms with Crippen LogP contribution in [-0.2, 0) is 0 Å². The van der Waals surface area contributed by atoms with Gasteiger partial charge >= 0.3 is 0 Å². The Bertz CT molecular complexity index is 592. The van der Waals surface area contributed by atoms with Gasteiger partial charge in [0.1, 0.15) is 0 Å². The second-order valence-corrected chi connectivity index (χ2v) is 7.68. The molecule has 2 aromatic rings. The number of hydrogen-bond donors (Lipinski definition) is 1. The van der Waals surface area contributed by atoms with Gasteiger partial charge in [-0.3, -0.25) is 0 Å². The van der Waals surface area contributed by atoms with E-state index >= 15 is 0 Å². The Kier molecular flexibility index (Phi) is 5.04. The van der Waals surface area contributed by atoms with E-state index in [0.717, 1.165) is 16.1 Å². The van der Waals surface area contributed by atoms with Crippen LogP contribution in [0.3, 0.4) is 0 Å². The van der Waals surface area contributed by atoms with Gasteiger partial charge in [0.25, 0.3) is 0 Å². The topological polar surface area (TPSA) is 26.0 Å². The maximum atomic E-state index is 6.32. The SMILES string of the molecule is NC(CSc1cccc(Br)c1)c1ccc(C2CCC2)cc1. The molecule has 0 amide bonds. The van der Waals surface area contributed by atoms with Gasteiger partial charge in [-0.2, -0.15) is 0 Å². The minimum absolute atomic E-state index is 0.0874. The molecule has 1 nitrogen and oxygen atoms in total. The molecule has 0 aliphatic heterocycles. The standard InChI is InChI=1S/C18H20BrNS/c19-16-5-2-6-17(11-16)21-12-18(20)15-9-7-14(8-10-15)13-3-1-4-13/h2,5-11,13,18H,1,3-4,12,20H2. The molecule has 0 heterocycles. The van der Waals surface area contributed by atoms with Crippen molar-refractivity contribution in [3.05, 3.63) is 64.1 Å². The van der Waals surface area contributed by atoms with E-state index in [2.05, 4.69) is 58.4 Å². The summed E-state index contributed by atoms with van der Waals surface area (Å²) in [5.74, 6) is 1.70. The lowest BCUT2D eigenvalue weighted by molar-refractivity contribution is 0.419. The molecule has 0 saturated heterocycles. The van der Waals surface area contributed by atoms with Gasteiger partial charge in [0.05, 0.1) is 0 Å². The average molecular weight is 362 g/mol. The molecule has 1 atom stereocenters. The largest absolute Gasteiger partial charge is 0.323 e. The van der Waals surface area contributed by atoms with E-state index < -0.39 is 0 Å². The lowest BCUT2D eigenvalue weighted by atomic mass is 9.80. The molecule has 1 unspecified atom stereocenters. The highest BCUT2D eigenvalue weighted by Crippen LogP contribution is 2.36. The van der Waals surface area contributed by atoms with Gasteiger partial charge in [0.2, 0.25) is 0 Å². The fourth-order valence-corrected chi connectivity index (χ4v) is 4.10. The number of rotatable bonds is 5. The first-order valence-corrected chi connectivity index (χ1v) is 9.24.